The highest BCUT2D eigenvalue weighted by molar-refractivity contribution is 5.76. The molecule has 1 aliphatic heterocycles. The second kappa shape index (κ2) is 10.7. The van der Waals surface area contributed by atoms with Crippen LogP contribution in [0.15, 0.2) is 65.4 Å². The number of aromatic nitrogens is 2. The molecule has 2 aromatic heterocycles. The lowest BCUT2D eigenvalue weighted by atomic mass is 9.81. The minimum Gasteiger partial charge on any atom is -0.486 e. The van der Waals surface area contributed by atoms with Gasteiger partial charge < -0.3 is 19.9 Å². The second-order valence-electron chi connectivity index (χ2n) is 7.95. The molecule has 0 spiro atoms. The molecule has 3 aromatic rings. The number of hydrogen-bond acceptors (Lipinski definition) is 6. The summed E-state index contributed by atoms with van der Waals surface area (Å²) in [5.41, 5.74) is 1.91. The number of carbonyl (C=O) groups excluding carboxylic acids is 1. The summed E-state index contributed by atoms with van der Waals surface area (Å²) in [6.45, 7) is 2.67. The van der Waals surface area contributed by atoms with E-state index in [-0.39, 0.29) is 5.91 Å². The van der Waals surface area contributed by atoms with Crippen LogP contribution >= 0.6 is 0 Å². The lowest BCUT2D eigenvalue weighted by Crippen LogP contribution is -2.40. The van der Waals surface area contributed by atoms with Gasteiger partial charge in [-0.25, -0.2) is 0 Å². The quantitative estimate of drug-likeness (QED) is 0.553. The van der Waals surface area contributed by atoms with E-state index in [2.05, 4.69) is 20.8 Å². The molecule has 0 radical (unpaired) electrons. The molecule has 1 aliphatic rings. The number of ether oxygens (including phenoxy) is 1. The van der Waals surface area contributed by atoms with Crippen LogP contribution in [0.2, 0.25) is 0 Å². The van der Waals surface area contributed by atoms with Crippen LogP contribution in [0.1, 0.15) is 29.9 Å². The fraction of sp³-hybridized carbons (Fsp3) is 0.375. The molecule has 0 aliphatic carbocycles. The predicted molar refractivity (Wildman–Crippen MR) is 116 cm³/mol. The summed E-state index contributed by atoms with van der Waals surface area (Å²) in [6, 6.07) is 15.4. The monoisotopic (exact) mass is 420 g/mol. The normalized spacial score (nSPS) is 18.5. The van der Waals surface area contributed by atoms with E-state index in [1.807, 2.05) is 48.5 Å². The zero-order valence-electron chi connectivity index (χ0n) is 17.5. The van der Waals surface area contributed by atoms with E-state index in [1.54, 1.807) is 12.4 Å². The van der Waals surface area contributed by atoms with Gasteiger partial charge in [0.15, 0.2) is 5.76 Å². The van der Waals surface area contributed by atoms with Gasteiger partial charge in [0.1, 0.15) is 12.4 Å². The number of rotatable bonds is 9. The fourth-order valence-electron chi connectivity index (χ4n) is 3.96. The van der Waals surface area contributed by atoms with Crippen LogP contribution in [-0.2, 0) is 24.4 Å². The van der Waals surface area contributed by atoms with Crippen molar-refractivity contribution in [2.45, 2.75) is 32.4 Å². The minimum atomic E-state index is 0.0813. The first kappa shape index (κ1) is 21.1. The Morgan fingerprint density at radius 3 is 2.94 bits per heavy atom. The minimum absolute atomic E-state index is 0.0813. The Hall–Kier alpha value is -3.19. The number of nitrogens with zero attached hydrogens (tertiary/aromatic N) is 2. The van der Waals surface area contributed by atoms with Crippen molar-refractivity contribution in [3.63, 3.8) is 0 Å². The molecule has 4 rings (SSSR count). The van der Waals surface area contributed by atoms with Gasteiger partial charge in [0.2, 0.25) is 5.91 Å². The van der Waals surface area contributed by atoms with Crippen molar-refractivity contribution >= 4 is 5.91 Å². The number of carbonyl (C=O) groups is 1. The number of para-hydroxylation sites is 1. The van der Waals surface area contributed by atoms with Gasteiger partial charge in [-0.2, -0.15) is 0 Å². The van der Waals surface area contributed by atoms with Gasteiger partial charge in [0, 0.05) is 31.4 Å². The Labute approximate surface area is 182 Å². The van der Waals surface area contributed by atoms with Crippen molar-refractivity contribution in [2.24, 2.45) is 11.8 Å². The van der Waals surface area contributed by atoms with E-state index in [1.165, 1.54) is 0 Å². The summed E-state index contributed by atoms with van der Waals surface area (Å²) in [4.78, 5) is 16.6. The van der Waals surface area contributed by atoms with Crippen molar-refractivity contribution < 1.29 is 14.1 Å². The molecular formula is C24H28N4O3. The fourth-order valence-corrected chi connectivity index (χ4v) is 3.96. The molecule has 1 amide bonds. The molecule has 1 fully saturated rings. The first-order valence-electron chi connectivity index (χ1n) is 10.7. The highest BCUT2D eigenvalue weighted by atomic mass is 16.5. The molecule has 31 heavy (non-hydrogen) atoms. The highest BCUT2D eigenvalue weighted by Gasteiger charge is 2.28. The predicted octanol–water partition coefficient (Wildman–Crippen LogP) is 3.12. The van der Waals surface area contributed by atoms with Gasteiger partial charge in [0.05, 0.1) is 5.69 Å². The molecule has 2 atom stereocenters. The van der Waals surface area contributed by atoms with E-state index < -0.39 is 0 Å². The maximum Gasteiger partial charge on any atom is 0.220 e. The van der Waals surface area contributed by atoms with Crippen LogP contribution in [0.25, 0.3) is 0 Å². The average molecular weight is 421 g/mol. The SMILES string of the molecule is O=C(CC1CCNCC1Cc1cc(COc2ccccc2)on1)NCc1cccnc1. The molecule has 7 nitrogen and oxygen atoms in total. The Kier molecular flexibility index (Phi) is 7.28. The molecule has 1 aromatic carbocycles. The van der Waals surface area contributed by atoms with E-state index in [0.717, 1.165) is 42.9 Å². The van der Waals surface area contributed by atoms with Crippen molar-refractivity contribution in [3.05, 3.63) is 77.9 Å². The number of nitrogens with one attached hydrogen (secondary N) is 2. The highest BCUT2D eigenvalue weighted by Crippen LogP contribution is 2.26. The van der Waals surface area contributed by atoms with Gasteiger partial charge in [-0.1, -0.05) is 29.4 Å². The van der Waals surface area contributed by atoms with E-state index in [9.17, 15) is 4.79 Å². The molecule has 162 valence electrons. The van der Waals surface area contributed by atoms with Crippen molar-refractivity contribution in [1.29, 1.82) is 0 Å². The van der Waals surface area contributed by atoms with Gasteiger partial charge in [-0.3, -0.25) is 9.78 Å². The van der Waals surface area contributed by atoms with Gasteiger partial charge >= 0.3 is 0 Å². The van der Waals surface area contributed by atoms with Crippen molar-refractivity contribution in [1.82, 2.24) is 20.8 Å². The van der Waals surface area contributed by atoms with E-state index in [4.69, 9.17) is 9.26 Å². The Morgan fingerprint density at radius 2 is 2.10 bits per heavy atom. The molecule has 3 heterocycles. The first-order valence-corrected chi connectivity index (χ1v) is 10.7. The van der Waals surface area contributed by atoms with Gasteiger partial charge in [0.25, 0.3) is 0 Å². The van der Waals surface area contributed by atoms with Crippen LogP contribution < -0.4 is 15.4 Å². The molecule has 0 saturated carbocycles. The standard InChI is InChI=1S/C24H28N4O3/c29-24(27-15-18-5-4-9-25-14-18)12-19-8-10-26-16-20(19)11-21-13-23(31-28-21)17-30-22-6-2-1-3-7-22/h1-7,9,13-14,19-20,26H,8,10-12,15-17H2,(H,27,29). The Bertz CT molecular complexity index is 946. The second-order valence-corrected chi connectivity index (χ2v) is 7.95. The summed E-state index contributed by atoms with van der Waals surface area (Å²) >= 11 is 0. The van der Waals surface area contributed by atoms with Gasteiger partial charge in [-0.15, -0.1) is 0 Å². The number of piperidine rings is 1. The van der Waals surface area contributed by atoms with Gasteiger partial charge in [-0.05, 0) is 61.5 Å². The summed E-state index contributed by atoms with van der Waals surface area (Å²) in [5, 5.41) is 10.7. The summed E-state index contributed by atoms with van der Waals surface area (Å²) in [6.07, 6.45) is 5.79. The topological polar surface area (TPSA) is 89.3 Å². The van der Waals surface area contributed by atoms with E-state index in [0.29, 0.717) is 37.2 Å². The molecular weight excluding hydrogens is 392 g/mol. The number of amides is 1. The zero-order valence-corrected chi connectivity index (χ0v) is 17.5. The Balaban J connectivity index is 1.27. The van der Waals surface area contributed by atoms with Crippen LogP contribution in [-0.4, -0.2) is 29.1 Å². The zero-order chi connectivity index (χ0) is 21.3. The van der Waals surface area contributed by atoms with E-state index >= 15 is 0 Å². The lowest BCUT2D eigenvalue weighted by molar-refractivity contribution is -0.122. The average Bonchev–Trinajstić information content (AvgIpc) is 3.26. The third kappa shape index (κ3) is 6.39. The molecule has 7 heteroatoms. The van der Waals surface area contributed by atoms with Crippen LogP contribution in [0.3, 0.4) is 0 Å². The molecule has 1 saturated heterocycles. The third-order valence-electron chi connectivity index (χ3n) is 5.63. The smallest absolute Gasteiger partial charge is 0.220 e. The number of hydrogen-bond donors (Lipinski definition) is 2. The lowest BCUT2D eigenvalue weighted by Gasteiger charge is -2.31. The first-order chi connectivity index (χ1) is 15.3. The van der Waals surface area contributed by atoms with Crippen LogP contribution in [0.5, 0.6) is 5.75 Å². The maximum absolute atomic E-state index is 12.5. The molecule has 2 N–H and O–H groups in total. The number of benzene rings is 1. The Morgan fingerprint density at radius 1 is 1.19 bits per heavy atom. The molecule has 2 unspecified atom stereocenters. The van der Waals surface area contributed by atoms with Crippen molar-refractivity contribution in [3.8, 4) is 5.75 Å². The third-order valence-corrected chi connectivity index (χ3v) is 5.63. The largest absolute Gasteiger partial charge is 0.486 e. The summed E-state index contributed by atoms with van der Waals surface area (Å²) in [7, 11) is 0. The summed E-state index contributed by atoms with van der Waals surface area (Å²) in [5.74, 6) is 2.24. The van der Waals surface area contributed by atoms with Crippen LogP contribution in [0.4, 0.5) is 0 Å². The molecule has 0 bridgehead atoms. The maximum atomic E-state index is 12.5. The van der Waals surface area contributed by atoms with Crippen molar-refractivity contribution in [2.75, 3.05) is 13.1 Å². The number of pyridine rings is 1. The van der Waals surface area contributed by atoms with Crippen LogP contribution in [0, 0.1) is 11.8 Å². The summed E-state index contributed by atoms with van der Waals surface area (Å²) < 4.78 is 11.2.